The number of carbonyl (C=O) groups is 1. The number of benzene rings is 1. The second-order valence-electron chi connectivity index (χ2n) is 4.62. The molecule has 18 heavy (non-hydrogen) atoms. The van der Waals surface area contributed by atoms with E-state index < -0.39 is 0 Å². The first-order chi connectivity index (χ1) is 8.84. The van der Waals surface area contributed by atoms with Gasteiger partial charge in [0.05, 0.1) is 19.3 Å². The van der Waals surface area contributed by atoms with Gasteiger partial charge in [-0.3, -0.25) is 4.79 Å². The molecule has 1 aromatic rings. The zero-order chi connectivity index (χ0) is 12.6. The Morgan fingerprint density at radius 3 is 2.50 bits per heavy atom. The number of carbonyl (C=O) groups excluding carboxylic acids is 1. The maximum absolute atomic E-state index is 11.1. The molecule has 0 saturated heterocycles. The Kier molecular flexibility index (Phi) is 5.21. The van der Waals surface area contributed by atoms with Gasteiger partial charge in [-0.2, -0.15) is 0 Å². The fraction of sp³-hybridized carbons (Fsp3) is 0.533. The van der Waals surface area contributed by atoms with Crippen molar-refractivity contribution in [2.75, 3.05) is 13.2 Å². The van der Waals surface area contributed by atoms with E-state index in [1.807, 2.05) is 30.3 Å². The highest BCUT2D eigenvalue weighted by Gasteiger charge is 2.18. The number of rotatable bonds is 6. The van der Waals surface area contributed by atoms with E-state index in [1.54, 1.807) is 0 Å². The van der Waals surface area contributed by atoms with Crippen molar-refractivity contribution in [2.45, 2.75) is 38.2 Å². The van der Waals surface area contributed by atoms with Gasteiger partial charge in [0.2, 0.25) is 0 Å². The topological polar surface area (TPSA) is 35.5 Å². The minimum atomic E-state index is 0.277. The van der Waals surface area contributed by atoms with Crippen LogP contribution >= 0.6 is 0 Å². The molecular formula is C15H20O3. The summed E-state index contributed by atoms with van der Waals surface area (Å²) in [6.07, 6.45) is 4.31. The number of ketones is 1. The lowest BCUT2D eigenvalue weighted by molar-refractivity contribution is -0.123. The summed E-state index contributed by atoms with van der Waals surface area (Å²) in [7, 11) is 0. The van der Waals surface area contributed by atoms with Crippen molar-refractivity contribution in [1.82, 2.24) is 0 Å². The van der Waals surface area contributed by atoms with Crippen molar-refractivity contribution in [3.05, 3.63) is 30.3 Å². The molecule has 0 heterocycles. The smallest absolute Gasteiger partial charge is 0.133 e. The Hall–Kier alpha value is -1.35. The molecular weight excluding hydrogens is 228 g/mol. The predicted molar refractivity (Wildman–Crippen MR) is 69.8 cm³/mol. The fourth-order valence-electron chi connectivity index (χ4n) is 2.10. The quantitative estimate of drug-likeness (QED) is 0.726. The summed E-state index contributed by atoms with van der Waals surface area (Å²) in [5, 5.41) is 0. The first-order valence-corrected chi connectivity index (χ1v) is 6.66. The number of hydrogen-bond acceptors (Lipinski definition) is 3. The van der Waals surface area contributed by atoms with Crippen LogP contribution in [0, 0.1) is 0 Å². The Morgan fingerprint density at radius 2 is 1.78 bits per heavy atom. The molecule has 3 heteroatoms. The van der Waals surface area contributed by atoms with E-state index in [0.29, 0.717) is 31.8 Å². The van der Waals surface area contributed by atoms with Gasteiger partial charge in [-0.25, -0.2) is 0 Å². The van der Waals surface area contributed by atoms with E-state index in [0.717, 1.165) is 25.0 Å². The van der Waals surface area contributed by atoms with E-state index >= 15 is 0 Å². The molecule has 1 aliphatic carbocycles. The third kappa shape index (κ3) is 4.49. The summed E-state index contributed by atoms with van der Waals surface area (Å²) in [6, 6.07) is 9.80. The van der Waals surface area contributed by atoms with E-state index in [4.69, 9.17) is 9.47 Å². The number of ether oxygens (including phenoxy) is 2. The Labute approximate surface area is 108 Å². The van der Waals surface area contributed by atoms with Crippen molar-refractivity contribution in [2.24, 2.45) is 0 Å². The minimum absolute atomic E-state index is 0.277. The maximum Gasteiger partial charge on any atom is 0.133 e. The van der Waals surface area contributed by atoms with Crippen LogP contribution in [-0.4, -0.2) is 25.1 Å². The molecule has 2 rings (SSSR count). The molecule has 1 saturated carbocycles. The fourth-order valence-corrected chi connectivity index (χ4v) is 2.10. The third-order valence-electron chi connectivity index (χ3n) is 3.14. The van der Waals surface area contributed by atoms with Crippen LogP contribution in [0.3, 0.4) is 0 Å². The molecule has 1 fully saturated rings. The van der Waals surface area contributed by atoms with Gasteiger partial charge in [0.15, 0.2) is 0 Å². The largest absolute Gasteiger partial charge is 0.494 e. The van der Waals surface area contributed by atoms with Crippen molar-refractivity contribution in [1.29, 1.82) is 0 Å². The van der Waals surface area contributed by atoms with Crippen LogP contribution in [0.2, 0.25) is 0 Å². The van der Waals surface area contributed by atoms with Gasteiger partial charge in [0.1, 0.15) is 11.5 Å². The monoisotopic (exact) mass is 248 g/mol. The molecule has 3 nitrogen and oxygen atoms in total. The summed E-state index contributed by atoms with van der Waals surface area (Å²) in [5.41, 5.74) is 0. The number of para-hydroxylation sites is 1. The molecule has 1 aromatic carbocycles. The molecule has 0 spiro atoms. The molecule has 0 N–H and O–H groups in total. The van der Waals surface area contributed by atoms with E-state index in [-0.39, 0.29) is 6.10 Å². The standard InChI is InChI=1S/C15H20O3/c16-13-7-9-15(10-8-13)18-12-4-11-17-14-5-2-1-3-6-14/h1-3,5-6,15H,4,7-12H2. The Bertz CT molecular complexity index is 351. The van der Waals surface area contributed by atoms with Crippen molar-refractivity contribution in [3.63, 3.8) is 0 Å². The molecule has 0 radical (unpaired) electrons. The second kappa shape index (κ2) is 7.17. The summed E-state index contributed by atoms with van der Waals surface area (Å²) < 4.78 is 11.3. The summed E-state index contributed by atoms with van der Waals surface area (Å²) >= 11 is 0. The summed E-state index contributed by atoms with van der Waals surface area (Å²) in [5.74, 6) is 1.28. The predicted octanol–water partition coefficient (Wildman–Crippen LogP) is 2.98. The van der Waals surface area contributed by atoms with Crippen LogP contribution in [0.15, 0.2) is 30.3 Å². The molecule has 0 unspecified atom stereocenters. The highest BCUT2D eigenvalue weighted by Crippen LogP contribution is 2.18. The van der Waals surface area contributed by atoms with E-state index in [9.17, 15) is 4.79 Å². The van der Waals surface area contributed by atoms with Crippen molar-refractivity contribution < 1.29 is 14.3 Å². The van der Waals surface area contributed by atoms with Crippen LogP contribution in [0.5, 0.6) is 5.75 Å². The van der Waals surface area contributed by atoms with Crippen LogP contribution in [0.4, 0.5) is 0 Å². The molecule has 0 aliphatic heterocycles. The third-order valence-corrected chi connectivity index (χ3v) is 3.14. The van der Waals surface area contributed by atoms with Gasteiger partial charge in [0, 0.05) is 19.3 Å². The summed E-state index contributed by atoms with van der Waals surface area (Å²) in [6.45, 7) is 1.39. The zero-order valence-corrected chi connectivity index (χ0v) is 10.6. The average molecular weight is 248 g/mol. The van der Waals surface area contributed by atoms with Crippen LogP contribution in [0.1, 0.15) is 32.1 Å². The second-order valence-corrected chi connectivity index (χ2v) is 4.62. The molecule has 98 valence electrons. The summed E-state index contributed by atoms with van der Waals surface area (Å²) in [4.78, 5) is 11.1. The SMILES string of the molecule is O=C1CCC(OCCCOc2ccccc2)CC1. The van der Waals surface area contributed by atoms with Gasteiger partial charge in [-0.1, -0.05) is 18.2 Å². The first-order valence-electron chi connectivity index (χ1n) is 6.66. The van der Waals surface area contributed by atoms with Gasteiger partial charge >= 0.3 is 0 Å². The average Bonchev–Trinajstić information content (AvgIpc) is 2.42. The van der Waals surface area contributed by atoms with Crippen LogP contribution in [0.25, 0.3) is 0 Å². The van der Waals surface area contributed by atoms with Gasteiger partial charge in [-0.05, 0) is 25.0 Å². The number of Topliss-reactive ketones (excluding diaryl/α,β-unsaturated/α-hetero) is 1. The van der Waals surface area contributed by atoms with Crippen molar-refractivity contribution >= 4 is 5.78 Å². The zero-order valence-electron chi connectivity index (χ0n) is 10.6. The highest BCUT2D eigenvalue weighted by molar-refractivity contribution is 5.79. The molecule has 0 amide bonds. The molecule has 1 aliphatic rings. The Balaban J connectivity index is 1.52. The lowest BCUT2D eigenvalue weighted by Gasteiger charge is -2.21. The van der Waals surface area contributed by atoms with E-state index in [2.05, 4.69) is 0 Å². The first kappa shape index (κ1) is 13.1. The van der Waals surface area contributed by atoms with Crippen LogP contribution < -0.4 is 4.74 Å². The lowest BCUT2D eigenvalue weighted by Crippen LogP contribution is -2.22. The number of hydrogen-bond donors (Lipinski definition) is 0. The molecule has 0 bridgehead atoms. The lowest BCUT2D eigenvalue weighted by atomic mass is 9.96. The molecule has 0 atom stereocenters. The maximum atomic E-state index is 11.1. The normalized spacial score (nSPS) is 16.8. The highest BCUT2D eigenvalue weighted by atomic mass is 16.5. The van der Waals surface area contributed by atoms with Crippen LogP contribution in [-0.2, 0) is 9.53 Å². The van der Waals surface area contributed by atoms with Gasteiger partial charge in [0.25, 0.3) is 0 Å². The van der Waals surface area contributed by atoms with E-state index in [1.165, 1.54) is 0 Å². The van der Waals surface area contributed by atoms with Crippen molar-refractivity contribution in [3.8, 4) is 5.75 Å². The van der Waals surface area contributed by atoms with Gasteiger partial charge < -0.3 is 9.47 Å². The van der Waals surface area contributed by atoms with Gasteiger partial charge in [-0.15, -0.1) is 0 Å². The minimum Gasteiger partial charge on any atom is -0.494 e. The molecule has 0 aromatic heterocycles. The Morgan fingerprint density at radius 1 is 1.06 bits per heavy atom.